The van der Waals surface area contributed by atoms with Gasteiger partial charge in [0, 0.05) is 17.8 Å². The second kappa shape index (κ2) is 4.06. The van der Waals surface area contributed by atoms with Gasteiger partial charge in [-0.3, -0.25) is 4.79 Å². The van der Waals surface area contributed by atoms with Crippen LogP contribution in [0.2, 0.25) is 0 Å². The van der Waals surface area contributed by atoms with Crippen molar-refractivity contribution in [2.24, 2.45) is 11.3 Å². The molecule has 3 aliphatic rings. The minimum atomic E-state index is -0.463. The Morgan fingerprint density at radius 3 is 2.53 bits per heavy atom. The predicted molar refractivity (Wildman–Crippen MR) is 65.7 cm³/mol. The van der Waals surface area contributed by atoms with Gasteiger partial charge in [0.25, 0.3) is 0 Å². The normalized spacial score (nSPS) is 42.6. The van der Waals surface area contributed by atoms with Crippen molar-refractivity contribution in [2.75, 3.05) is 0 Å². The van der Waals surface area contributed by atoms with Gasteiger partial charge in [-0.25, -0.2) is 0 Å². The van der Waals surface area contributed by atoms with E-state index in [0.717, 1.165) is 12.8 Å². The summed E-state index contributed by atoms with van der Waals surface area (Å²) in [6, 6.07) is 0. The van der Waals surface area contributed by atoms with E-state index in [1.807, 2.05) is 20.8 Å². The van der Waals surface area contributed by atoms with E-state index in [4.69, 9.17) is 4.74 Å². The molecule has 0 spiro atoms. The Morgan fingerprint density at radius 1 is 1.35 bits per heavy atom. The molecule has 98 valence electrons. The number of carbonyl (C=O) groups is 1. The summed E-state index contributed by atoms with van der Waals surface area (Å²) in [4.78, 5) is 12.0. The van der Waals surface area contributed by atoms with E-state index in [-0.39, 0.29) is 28.8 Å². The molecule has 0 aromatic carbocycles. The van der Waals surface area contributed by atoms with Crippen LogP contribution in [0.3, 0.4) is 0 Å². The van der Waals surface area contributed by atoms with E-state index in [1.54, 1.807) is 0 Å². The highest BCUT2D eigenvalue weighted by molar-refractivity contribution is 5.83. The lowest BCUT2D eigenvalue weighted by Crippen LogP contribution is -2.45. The van der Waals surface area contributed by atoms with E-state index < -0.39 is 6.10 Å². The van der Waals surface area contributed by atoms with Crippen LogP contribution in [0.1, 0.15) is 53.4 Å². The third-order valence-electron chi connectivity index (χ3n) is 4.14. The number of ether oxygens (including phenoxy) is 1. The summed E-state index contributed by atoms with van der Waals surface area (Å²) in [6.07, 6.45) is 2.56. The highest BCUT2D eigenvalue weighted by atomic mass is 16.5. The highest BCUT2D eigenvalue weighted by Crippen LogP contribution is 2.48. The molecule has 0 saturated heterocycles. The van der Waals surface area contributed by atoms with Crippen LogP contribution in [0.4, 0.5) is 0 Å². The third-order valence-corrected chi connectivity index (χ3v) is 4.14. The lowest BCUT2D eigenvalue weighted by molar-refractivity contribution is -0.147. The van der Waals surface area contributed by atoms with Crippen LogP contribution in [-0.2, 0) is 9.53 Å². The van der Waals surface area contributed by atoms with Gasteiger partial charge >= 0.3 is 0 Å². The number of hydrogen-bond donors (Lipinski definition) is 1. The van der Waals surface area contributed by atoms with E-state index in [2.05, 4.69) is 6.92 Å². The first-order valence-corrected chi connectivity index (χ1v) is 6.60. The van der Waals surface area contributed by atoms with Gasteiger partial charge in [0.2, 0.25) is 0 Å². The summed E-state index contributed by atoms with van der Waals surface area (Å²) in [5, 5.41) is 10.1. The molecule has 3 rings (SSSR count). The standard InChI is InChI=1S/C14H24O3/c1-13(2,3)17-12-6-5-9-10(15)7-14(12,4)8-11(9)16/h9-10,12,15H,5-8H2,1-4H3/t9-,10-,12+,14+/m1/s1. The molecular formula is C14H24O3. The summed E-state index contributed by atoms with van der Waals surface area (Å²) in [5.41, 5.74) is -0.374. The Labute approximate surface area is 104 Å². The van der Waals surface area contributed by atoms with Crippen LogP contribution in [0.5, 0.6) is 0 Å². The minimum Gasteiger partial charge on any atom is -0.392 e. The molecule has 17 heavy (non-hydrogen) atoms. The number of aliphatic hydroxyl groups excluding tert-OH is 1. The lowest BCUT2D eigenvalue weighted by atomic mass is 9.69. The highest BCUT2D eigenvalue weighted by Gasteiger charge is 2.50. The molecule has 0 aromatic rings. The average molecular weight is 240 g/mol. The van der Waals surface area contributed by atoms with E-state index in [9.17, 15) is 9.90 Å². The maximum Gasteiger partial charge on any atom is 0.139 e. The number of hydrogen-bond acceptors (Lipinski definition) is 3. The van der Waals surface area contributed by atoms with Gasteiger partial charge < -0.3 is 9.84 Å². The number of aliphatic hydroxyl groups is 1. The maximum absolute atomic E-state index is 12.0. The van der Waals surface area contributed by atoms with Crippen LogP contribution >= 0.6 is 0 Å². The van der Waals surface area contributed by atoms with Gasteiger partial charge in [0.1, 0.15) is 5.78 Å². The lowest BCUT2D eigenvalue weighted by Gasteiger charge is -2.42. The zero-order valence-corrected chi connectivity index (χ0v) is 11.3. The number of rotatable bonds is 1. The van der Waals surface area contributed by atoms with Crippen LogP contribution < -0.4 is 0 Å². The fourth-order valence-corrected chi connectivity index (χ4v) is 3.34. The van der Waals surface area contributed by atoms with Crippen molar-refractivity contribution in [3.8, 4) is 0 Å². The Balaban J connectivity index is 2.22. The van der Waals surface area contributed by atoms with Gasteiger partial charge in [-0.05, 0) is 40.0 Å². The van der Waals surface area contributed by atoms with Gasteiger partial charge in [-0.2, -0.15) is 0 Å². The first-order chi connectivity index (χ1) is 7.71. The summed E-state index contributed by atoms with van der Waals surface area (Å²) in [7, 11) is 0. The Bertz CT molecular complexity index is 318. The second-order valence-electron chi connectivity index (χ2n) is 6.97. The van der Waals surface area contributed by atoms with Crippen molar-refractivity contribution in [1.29, 1.82) is 0 Å². The molecule has 0 aliphatic heterocycles. The molecular weight excluding hydrogens is 216 g/mol. The zero-order valence-electron chi connectivity index (χ0n) is 11.3. The van der Waals surface area contributed by atoms with E-state index in [1.165, 1.54) is 0 Å². The molecule has 3 fully saturated rings. The molecule has 0 radical (unpaired) electrons. The Morgan fingerprint density at radius 2 is 2.00 bits per heavy atom. The SMILES string of the molecule is CC(C)(C)O[C@H]1CC[C@H]2C(=O)C[C@]1(C)C[C@H]2O. The molecule has 0 heterocycles. The summed E-state index contributed by atoms with van der Waals surface area (Å²) >= 11 is 0. The quantitative estimate of drug-likeness (QED) is 0.765. The number of Topliss-reactive ketones (excluding diaryl/α,β-unsaturated/α-hetero) is 1. The topological polar surface area (TPSA) is 46.5 Å². The minimum absolute atomic E-state index is 0.0913. The maximum atomic E-state index is 12.0. The molecule has 2 bridgehead atoms. The number of fused-ring (bicyclic) bond motifs is 4. The average Bonchev–Trinajstić information content (AvgIpc) is 2.28. The van der Waals surface area contributed by atoms with E-state index in [0.29, 0.717) is 12.8 Å². The number of carbonyl (C=O) groups excluding carboxylic acids is 1. The molecule has 3 heteroatoms. The Kier molecular flexibility index (Phi) is 3.11. The molecule has 1 N–H and O–H groups in total. The van der Waals surface area contributed by atoms with Crippen molar-refractivity contribution in [3.63, 3.8) is 0 Å². The van der Waals surface area contributed by atoms with Crippen molar-refractivity contribution in [1.82, 2.24) is 0 Å². The second-order valence-corrected chi connectivity index (χ2v) is 6.97. The van der Waals surface area contributed by atoms with Crippen molar-refractivity contribution in [2.45, 2.75) is 71.2 Å². The summed E-state index contributed by atoms with van der Waals surface area (Å²) < 4.78 is 6.13. The van der Waals surface area contributed by atoms with Gasteiger partial charge in [-0.15, -0.1) is 0 Å². The predicted octanol–water partition coefficient (Wildman–Crippen LogP) is 2.31. The number of ketones is 1. The van der Waals surface area contributed by atoms with Crippen molar-refractivity contribution >= 4 is 5.78 Å². The zero-order chi connectivity index (χ0) is 12.8. The molecule has 3 nitrogen and oxygen atoms in total. The van der Waals surface area contributed by atoms with Gasteiger partial charge in [0.05, 0.1) is 17.8 Å². The van der Waals surface area contributed by atoms with Crippen LogP contribution in [0, 0.1) is 11.3 Å². The molecule has 0 unspecified atom stereocenters. The van der Waals surface area contributed by atoms with Crippen LogP contribution in [0.25, 0.3) is 0 Å². The third kappa shape index (κ3) is 2.55. The summed E-state index contributed by atoms with van der Waals surface area (Å²) in [6.45, 7) is 8.23. The molecule has 0 aromatic heterocycles. The van der Waals surface area contributed by atoms with Crippen molar-refractivity contribution < 1.29 is 14.6 Å². The van der Waals surface area contributed by atoms with Crippen LogP contribution in [-0.4, -0.2) is 28.7 Å². The first kappa shape index (κ1) is 13.0. The molecule has 3 aliphatic carbocycles. The largest absolute Gasteiger partial charge is 0.392 e. The van der Waals surface area contributed by atoms with Crippen LogP contribution in [0.15, 0.2) is 0 Å². The molecule has 0 amide bonds. The summed E-state index contributed by atoms with van der Waals surface area (Å²) in [5.74, 6) is 0.0860. The fraction of sp³-hybridized carbons (Fsp3) is 0.929. The molecule has 4 atom stereocenters. The molecule has 3 saturated carbocycles. The van der Waals surface area contributed by atoms with E-state index >= 15 is 0 Å². The fourth-order valence-electron chi connectivity index (χ4n) is 3.34. The van der Waals surface area contributed by atoms with Gasteiger partial charge in [0.15, 0.2) is 0 Å². The van der Waals surface area contributed by atoms with Gasteiger partial charge in [-0.1, -0.05) is 6.92 Å². The first-order valence-electron chi connectivity index (χ1n) is 6.60. The monoisotopic (exact) mass is 240 g/mol. The smallest absolute Gasteiger partial charge is 0.139 e. The Hall–Kier alpha value is -0.410. The van der Waals surface area contributed by atoms with Crippen molar-refractivity contribution in [3.05, 3.63) is 0 Å².